The minimum absolute atomic E-state index is 0.110. The summed E-state index contributed by atoms with van der Waals surface area (Å²) in [4.78, 5) is 6.88. The first-order valence-corrected chi connectivity index (χ1v) is 6.42. The van der Waals surface area contributed by atoms with Crippen LogP contribution in [-0.2, 0) is 12.4 Å². The monoisotopic (exact) mass is 335 g/mol. The predicted octanol–water partition coefficient (Wildman–Crippen LogP) is 4.69. The summed E-state index contributed by atoms with van der Waals surface area (Å²) in [5, 5.41) is 2.46. The van der Waals surface area contributed by atoms with Gasteiger partial charge in [-0.3, -0.25) is 0 Å². The summed E-state index contributed by atoms with van der Waals surface area (Å²) >= 11 is 0. The van der Waals surface area contributed by atoms with E-state index in [2.05, 4.69) is 15.3 Å². The largest absolute Gasteiger partial charge is 0.433 e. The molecule has 1 atom stereocenters. The maximum absolute atomic E-state index is 13.0. The molecule has 0 spiro atoms. The van der Waals surface area contributed by atoms with Crippen LogP contribution in [0.3, 0.4) is 0 Å². The Morgan fingerprint density at radius 2 is 1.61 bits per heavy atom. The standard InChI is InChI=1S/C14H11F6N3/c1-8(9-4-2-3-5-10(9)13(15,16)17)22-12-21-7-6-11(23-12)14(18,19)20/h2-8H,1H3,(H,21,22,23)/t8-/m1/s1. The van der Waals surface area contributed by atoms with Crippen LogP contribution in [0.25, 0.3) is 0 Å². The summed E-state index contributed by atoms with van der Waals surface area (Å²) in [5.74, 6) is -0.399. The SMILES string of the molecule is C[C@@H](Nc1nccc(C(F)(F)F)n1)c1ccccc1C(F)(F)F. The first-order chi connectivity index (χ1) is 10.6. The van der Waals surface area contributed by atoms with Crippen LogP contribution < -0.4 is 5.32 Å². The van der Waals surface area contributed by atoms with Gasteiger partial charge in [0, 0.05) is 6.20 Å². The van der Waals surface area contributed by atoms with Gasteiger partial charge in [0.25, 0.3) is 0 Å². The minimum atomic E-state index is -4.66. The van der Waals surface area contributed by atoms with Crippen molar-refractivity contribution >= 4 is 5.95 Å². The van der Waals surface area contributed by atoms with Crippen molar-refractivity contribution in [3.8, 4) is 0 Å². The fraction of sp³-hybridized carbons (Fsp3) is 0.286. The molecule has 0 aliphatic rings. The maximum atomic E-state index is 13.0. The van der Waals surface area contributed by atoms with Gasteiger partial charge in [-0.2, -0.15) is 26.3 Å². The molecule has 3 nitrogen and oxygen atoms in total. The molecule has 1 heterocycles. The van der Waals surface area contributed by atoms with E-state index in [0.29, 0.717) is 6.07 Å². The van der Waals surface area contributed by atoms with Gasteiger partial charge in [-0.1, -0.05) is 18.2 Å². The smallest absolute Gasteiger partial charge is 0.348 e. The molecular formula is C14H11F6N3. The van der Waals surface area contributed by atoms with Crippen molar-refractivity contribution in [2.45, 2.75) is 25.3 Å². The molecule has 0 unspecified atom stereocenters. The zero-order valence-corrected chi connectivity index (χ0v) is 11.7. The number of anilines is 1. The van der Waals surface area contributed by atoms with Gasteiger partial charge < -0.3 is 5.32 Å². The maximum Gasteiger partial charge on any atom is 0.433 e. The molecule has 2 rings (SSSR count). The van der Waals surface area contributed by atoms with Crippen molar-refractivity contribution in [1.29, 1.82) is 0 Å². The highest BCUT2D eigenvalue weighted by Crippen LogP contribution is 2.35. The number of rotatable bonds is 3. The lowest BCUT2D eigenvalue weighted by atomic mass is 10.0. The van der Waals surface area contributed by atoms with Crippen LogP contribution >= 0.6 is 0 Å². The van der Waals surface area contributed by atoms with Crippen molar-refractivity contribution in [2.75, 3.05) is 5.32 Å². The number of aromatic nitrogens is 2. The van der Waals surface area contributed by atoms with E-state index in [1.807, 2.05) is 0 Å². The Morgan fingerprint density at radius 1 is 0.957 bits per heavy atom. The van der Waals surface area contributed by atoms with Crippen molar-refractivity contribution in [1.82, 2.24) is 9.97 Å². The Morgan fingerprint density at radius 3 is 2.22 bits per heavy atom. The fourth-order valence-electron chi connectivity index (χ4n) is 1.99. The van der Waals surface area contributed by atoms with Crippen molar-refractivity contribution < 1.29 is 26.3 Å². The molecule has 1 N–H and O–H groups in total. The van der Waals surface area contributed by atoms with Gasteiger partial charge in [0.05, 0.1) is 11.6 Å². The fourth-order valence-corrected chi connectivity index (χ4v) is 1.99. The predicted molar refractivity (Wildman–Crippen MR) is 70.5 cm³/mol. The summed E-state index contributed by atoms with van der Waals surface area (Å²) in [6.07, 6.45) is -8.34. The number of hydrogen-bond donors (Lipinski definition) is 1. The second-order valence-corrected chi connectivity index (χ2v) is 4.71. The zero-order chi connectivity index (χ0) is 17.3. The molecule has 0 bridgehead atoms. The second-order valence-electron chi connectivity index (χ2n) is 4.71. The molecule has 9 heteroatoms. The van der Waals surface area contributed by atoms with Gasteiger partial charge >= 0.3 is 12.4 Å². The number of hydrogen-bond acceptors (Lipinski definition) is 3. The summed E-state index contributed by atoms with van der Waals surface area (Å²) in [7, 11) is 0. The molecule has 1 aromatic heterocycles. The van der Waals surface area contributed by atoms with E-state index in [9.17, 15) is 26.3 Å². The van der Waals surface area contributed by atoms with Gasteiger partial charge in [-0.25, -0.2) is 9.97 Å². The van der Waals surface area contributed by atoms with Crippen molar-refractivity contribution in [3.05, 3.63) is 53.3 Å². The van der Waals surface area contributed by atoms with Crippen molar-refractivity contribution in [2.24, 2.45) is 0 Å². The van der Waals surface area contributed by atoms with E-state index in [1.165, 1.54) is 25.1 Å². The van der Waals surface area contributed by atoms with Crippen LogP contribution in [0, 0.1) is 0 Å². The average molecular weight is 335 g/mol. The highest BCUT2D eigenvalue weighted by atomic mass is 19.4. The number of benzene rings is 1. The Balaban J connectivity index is 2.29. The Bertz CT molecular complexity index is 681. The lowest BCUT2D eigenvalue weighted by molar-refractivity contribution is -0.141. The average Bonchev–Trinajstić information content (AvgIpc) is 2.46. The third-order valence-electron chi connectivity index (χ3n) is 3.02. The number of alkyl halides is 6. The lowest BCUT2D eigenvalue weighted by Crippen LogP contribution is -2.17. The van der Waals surface area contributed by atoms with Crippen LogP contribution in [0.15, 0.2) is 36.5 Å². The second kappa shape index (κ2) is 6.05. The first kappa shape index (κ1) is 17.0. The van der Waals surface area contributed by atoms with E-state index in [4.69, 9.17) is 0 Å². The van der Waals surface area contributed by atoms with Gasteiger partial charge in [0.2, 0.25) is 5.95 Å². The Hall–Kier alpha value is -2.32. The molecule has 0 fully saturated rings. The molecule has 124 valence electrons. The zero-order valence-electron chi connectivity index (χ0n) is 11.7. The van der Waals surface area contributed by atoms with Crippen LogP contribution in [0.5, 0.6) is 0 Å². The van der Waals surface area contributed by atoms with Gasteiger partial charge in [0.1, 0.15) is 5.69 Å². The van der Waals surface area contributed by atoms with Crippen molar-refractivity contribution in [3.63, 3.8) is 0 Å². The Labute approximate surface area is 127 Å². The Kier molecular flexibility index (Phi) is 4.49. The third-order valence-corrected chi connectivity index (χ3v) is 3.02. The summed E-state index contributed by atoms with van der Waals surface area (Å²) in [6.45, 7) is 1.38. The molecule has 0 aliphatic carbocycles. The van der Waals surface area contributed by atoms with Gasteiger partial charge in [-0.05, 0) is 24.6 Å². The topological polar surface area (TPSA) is 37.8 Å². The molecule has 0 aliphatic heterocycles. The molecule has 0 amide bonds. The number of halogens is 6. The van der Waals surface area contributed by atoms with Crippen LogP contribution in [-0.4, -0.2) is 9.97 Å². The number of nitrogens with zero attached hydrogens (tertiary/aromatic N) is 2. The highest BCUT2D eigenvalue weighted by molar-refractivity contribution is 5.38. The highest BCUT2D eigenvalue weighted by Gasteiger charge is 2.35. The normalized spacial score (nSPS) is 13.7. The van der Waals surface area contributed by atoms with E-state index in [0.717, 1.165) is 12.3 Å². The van der Waals surface area contributed by atoms with Gasteiger partial charge in [0.15, 0.2) is 0 Å². The van der Waals surface area contributed by atoms with Crippen LogP contribution in [0.2, 0.25) is 0 Å². The van der Waals surface area contributed by atoms with Crippen LogP contribution in [0.1, 0.15) is 29.8 Å². The molecule has 0 saturated carbocycles. The van der Waals surface area contributed by atoms with Crippen LogP contribution in [0.4, 0.5) is 32.3 Å². The molecule has 0 saturated heterocycles. The lowest BCUT2D eigenvalue weighted by Gasteiger charge is -2.19. The molecule has 2 aromatic rings. The third kappa shape index (κ3) is 4.11. The van der Waals surface area contributed by atoms with E-state index in [1.54, 1.807) is 0 Å². The van der Waals surface area contributed by atoms with E-state index in [-0.39, 0.29) is 5.56 Å². The van der Waals surface area contributed by atoms with E-state index < -0.39 is 35.6 Å². The first-order valence-electron chi connectivity index (χ1n) is 6.42. The molecule has 23 heavy (non-hydrogen) atoms. The minimum Gasteiger partial charge on any atom is -0.348 e. The molecule has 1 aromatic carbocycles. The molecule has 0 radical (unpaired) electrons. The summed E-state index contributed by atoms with van der Waals surface area (Å²) in [5.41, 5.74) is -2.15. The molecular weight excluding hydrogens is 324 g/mol. The summed E-state index contributed by atoms with van der Waals surface area (Å²) < 4.78 is 76.6. The quantitative estimate of drug-likeness (QED) is 0.827. The summed E-state index contributed by atoms with van der Waals surface area (Å²) in [6, 6.07) is 4.54. The van der Waals surface area contributed by atoms with E-state index >= 15 is 0 Å². The number of nitrogens with one attached hydrogen (secondary N) is 1. The van der Waals surface area contributed by atoms with Gasteiger partial charge in [-0.15, -0.1) is 0 Å².